The van der Waals surface area contributed by atoms with E-state index in [9.17, 15) is 14.7 Å². The molecule has 20 heavy (non-hydrogen) atoms. The third kappa shape index (κ3) is 3.34. The second-order valence-electron chi connectivity index (χ2n) is 5.18. The Bertz CT molecular complexity index is 483. The van der Waals surface area contributed by atoms with Crippen molar-refractivity contribution in [2.75, 3.05) is 6.61 Å². The zero-order chi connectivity index (χ0) is 15.3. The van der Waals surface area contributed by atoms with E-state index < -0.39 is 17.4 Å². The number of carbonyl (C=O) groups excluding carboxylic acids is 1. The van der Waals surface area contributed by atoms with E-state index in [1.807, 2.05) is 13.8 Å². The quantitative estimate of drug-likeness (QED) is 0.599. The molecule has 1 N–H and O–H groups in total. The Kier molecular flexibility index (Phi) is 5.24. The van der Waals surface area contributed by atoms with Crippen molar-refractivity contribution in [1.29, 1.82) is 0 Å². The first kappa shape index (κ1) is 16.1. The number of aromatic nitrogens is 2. The maximum absolute atomic E-state index is 12.2. The Morgan fingerprint density at radius 2 is 2.05 bits per heavy atom. The SMILES string of the molecule is CCOC(=O)C(Cc1nonc1C)(CC(C)C)C(=O)O. The summed E-state index contributed by atoms with van der Waals surface area (Å²) >= 11 is 0. The zero-order valence-electron chi connectivity index (χ0n) is 12.2. The van der Waals surface area contributed by atoms with Gasteiger partial charge in [-0.15, -0.1) is 0 Å². The number of aliphatic carboxylic acids is 1. The van der Waals surface area contributed by atoms with Gasteiger partial charge in [0.25, 0.3) is 0 Å². The van der Waals surface area contributed by atoms with E-state index in [-0.39, 0.29) is 25.4 Å². The van der Waals surface area contributed by atoms with Crippen LogP contribution in [0.2, 0.25) is 0 Å². The Balaban J connectivity index is 3.18. The van der Waals surface area contributed by atoms with E-state index >= 15 is 0 Å². The first-order chi connectivity index (χ1) is 9.33. The Morgan fingerprint density at radius 1 is 1.40 bits per heavy atom. The van der Waals surface area contributed by atoms with Gasteiger partial charge in [-0.2, -0.15) is 0 Å². The number of rotatable bonds is 7. The average molecular weight is 284 g/mol. The normalized spacial score (nSPS) is 14.1. The van der Waals surface area contributed by atoms with Gasteiger partial charge in [0, 0.05) is 6.42 Å². The number of aryl methyl sites for hydroxylation is 1. The molecule has 112 valence electrons. The van der Waals surface area contributed by atoms with Crippen LogP contribution in [0.1, 0.15) is 38.6 Å². The molecule has 0 spiro atoms. The van der Waals surface area contributed by atoms with E-state index in [2.05, 4.69) is 14.9 Å². The maximum Gasteiger partial charge on any atom is 0.323 e. The lowest BCUT2D eigenvalue weighted by atomic mass is 9.76. The molecule has 7 heteroatoms. The van der Waals surface area contributed by atoms with Gasteiger partial charge in [0.05, 0.1) is 6.61 Å². The first-order valence-corrected chi connectivity index (χ1v) is 6.52. The number of carboxylic acids is 1. The highest BCUT2D eigenvalue weighted by Gasteiger charge is 2.49. The monoisotopic (exact) mass is 284 g/mol. The van der Waals surface area contributed by atoms with Crippen molar-refractivity contribution in [1.82, 2.24) is 10.3 Å². The van der Waals surface area contributed by atoms with Crippen LogP contribution in [0.25, 0.3) is 0 Å². The molecule has 0 aliphatic heterocycles. The number of esters is 1. The largest absolute Gasteiger partial charge is 0.480 e. The summed E-state index contributed by atoms with van der Waals surface area (Å²) in [5, 5.41) is 16.9. The van der Waals surface area contributed by atoms with Gasteiger partial charge in [0.15, 0.2) is 5.41 Å². The van der Waals surface area contributed by atoms with Crippen LogP contribution in [-0.4, -0.2) is 34.0 Å². The summed E-state index contributed by atoms with van der Waals surface area (Å²) in [7, 11) is 0. The molecule has 0 bridgehead atoms. The Hall–Kier alpha value is -1.92. The summed E-state index contributed by atoms with van der Waals surface area (Å²) in [6.07, 6.45) is 0.0716. The number of hydrogen-bond donors (Lipinski definition) is 1. The highest BCUT2D eigenvalue weighted by molar-refractivity contribution is 5.99. The zero-order valence-corrected chi connectivity index (χ0v) is 12.2. The summed E-state index contributed by atoms with van der Waals surface area (Å²) in [4.78, 5) is 23.9. The molecule has 0 radical (unpaired) electrons. The fourth-order valence-corrected chi connectivity index (χ4v) is 2.14. The van der Waals surface area contributed by atoms with Crippen LogP contribution in [0, 0.1) is 18.3 Å². The lowest BCUT2D eigenvalue weighted by Crippen LogP contribution is -2.44. The van der Waals surface area contributed by atoms with Crippen molar-refractivity contribution in [3.05, 3.63) is 11.4 Å². The van der Waals surface area contributed by atoms with E-state index in [0.29, 0.717) is 11.4 Å². The predicted molar refractivity (Wildman–Crippen MR) is 68.9 cm³/mol. The van der Waals surface area contributed by atoms with Gasteiger partial charge >= 0.3 is 11.9 Å². The van der Waals surface area contributed by atoms with E-state index in [4.69, 9.17) is 4.74 Å². The summed E-state index contributed by atoms with van der Waals surface area (Å²) in [6, 6.07) is 0. The minimum atomic E-state index is -1.66. The van der Waals surface area contributed by atoms with E-state index in [1.54, 1.807) is 13.8 Å². The molecular weight excluding hydrogens is 264 g/mol. The number of nitrogens with zero attached hydrogens (tertiary/aromatic N) is 2. The third-order valence-electron chi connectivity index (χ3n) is 3.05. The predicted octanol–water partition coefficient (Wildman–Crippen LogP) is 1.60. The summed E-state index contributed by atoms with van der Waals surface area (Å²) < 4.78 is 9.53. The Morgan fingerprint density at radius 3 is 2.45 bits per heavy atom. The number of hydrogen-bond acceptors (Lipinski definition) is 6. The van der Waals surface area contributed by atoms with Crippen molar-refractivity contribution in [3.63, 3.8) is 0 Å². The van der Waals surface area contributed by atoms with Crippen molar-refractivity contribution < 1.29 is 24.1 Å². The molecule has 0 fully saturated rings. The highest BCUT2D eigenvalue weighted by Crippen LogP contribution is 2.33. The molecule has 0 saturated heterocycles. The number of ether oxygens (including phenoxy) is 1. The topological polar surface area (TPSA) is 103 Å². The van der Waals surface area contributed by atoms with Crippen LogP contribution in [0.4, 0.5) is 0 Å². The van der Waals surface area contributed by atoms with Crippen molar-refractivity contribution in [2.24, 2.45) is 11.3 Å². The fourth-order valence-electron chi connectivity index (χ4n) is 2.14. The van der Waals surface area contributed by atoms with Crippen LogP contribution < -0.4 is 0 Å². The number of carbonyl (C=O) groups is 2. The van der Waals surface area contributed by atoms with Gasteiger partial charge in [0.1, 0.15) is 11.4 Å². The second-order valence-corrected chi connectivity index (χ2v) is 5.18. The lowest BCUT2D eigenvalue weighted by molar-refractivity contribution is -0.170. The molecule has 1 unspecified atom stereocenters. The smallest absolute Gasteiger partial charge is 0.323 e. The fraction of sp³-hybridized carbons (Fsp3) is 0.692. The molecule has 0 aliphatic rings. The summed E-state index contributed by atoms with van der Waals surface area (Å²) in [6.45, 7) is 7.12. The van der Waals surface area contributed by atoms with Gasteiger partial charge in [-0.3, -0.25) is 9.59 Å². The van der Waals surface area contributed by atoms with Gasteiger partial charge in [0.2, 0.25) is 0 Å². The van der Waals surface area contributed by atoms with E-state index in [0.717, 1.165) is 0 Å². The van der Waals surface area contributed by atoms with Crippen LogP contribution >= 0.6 is 0 Å². The lowest BCUT2D eigenvalue weighted by Gasteiger charge is -2.28. The first-order valence-electron chi connectivity index (χ1n) is 6.52. The molecule has 0 amide bonds. The molecule has 1 atom stereocenters. The molecule has 1 heterocycles. The van der Waals surface area contributed by atoms with Gasteiger partial charge in [-0.05, 0) is 26.2 Å². The molecular formula is C13H20N2O5. The van der Waals surface area contributed by atoms with Crippen LogP contribution in [0.3, 0.4) is 0 Å². The van der Waals surface area contributed by atoms with Gasteiger partial charge in [-0.1, -0.05) is 24.2 Å². The average Bonchev–Trinajstić information content (AvgIpc) is 2.73. The number of carboxylic acid groups (broad SMARTS) is 1. The van der Waals surface area contributed by atoms with Crippen molar-refractivity contribution >= 4 is 11.9 Å². The van der Waals surface area contributed by atoms with Crippen LogP contribution in [-0.2, 0) is 20.7 Å². The molecule has 7 nitrogen and oxygen atoms in total. The molecule has 0 aromatic carbocycles. The second kappa shape index (κ2) is 6.49. The van der Waals surface area contributed by atoms with Crippen LogP contribution in [0.5, 0.6) is 0 Å². The molecule has 1 aromatic rings. The summed E-state index contributed by atoms with van der Waals surface area (Å²) in [5.74, 6) is -1.95. The standard InChI is InChI=1S/C13H20N2O5/c1-5-19-12(18)13(11(16)17,6-8(2)3)7-10-9(4)14-20-15-10/h8H,5-7H2,1-4H3,(H,16,17). The molecule has 0 aliphatic carbocycles. The maximum atomic E-state index is 12.2. The molecule has 1 aromatic heterocycles. The van der Waals surface area contributed by atoms with Crippen LogP contribution in [0.15, 0.2) is 4.63 Å². The molecule has 1 rings (SSSR count). The van der Waals surface area contributed by atoms with E-state index in [1.165, 1.54) is 0 Å². The Labute approximate surface area is 117 Å². The minimum Gasteiger partial charge on any atom is -0.480 e. The highest BCUT2D eigenvalue weighted by atomic mass is 16.6. The summed E-state index contributed by atoms with van der Waals surface area (Å²) in [5.41, 5.74) is -0.821. The van der Waals surface area contributed by atoms with Gasteiger partial charge < -0.3 is 9.84 Å². The van der Waals surface area contributed by atoms with Crippen molar-refractivity contribution in [3.8, 4) is 0 Å². The van der Waals surface area contributed by atoms with Crippen molar-refractivity contribution in [2.45, 2.75) is 40.5 Å². The third-order valence-corrected chi connectivity index (χ3v) is 3.05. The minimum absolute atomic E-state index is 0.00988. The van der Waals surface area contributed by atoms with Gasteiger partial charge in [-0.25, -0.2) is 4.63 Å². The molecule has 0 saturated carbocycles.